The first kappa shape index (κ1) is 14.9. The number of nitrogens with zero attached hydrogens (tertiary/aromatic N) is 1. The highest BCUT2D eigenvalue weighted by atomic mass is 32.2. The predicted octanol–water partition coefficient (Wildman–Crippen LogP) is 1.76. The molecule has 1 atom stereocenters. The first-order valence-corrected chi connectivity index (χ1v) is 7.82. The van der Waals surface area contributed by atoms with Crippen LogP contribution in [-0.4, -0.2) is 41.6 Å². The van der Waals surface area contributed by atoms with Crippen LogP contribution in [-0.2, 0) is 9.59 Å². The summed E-state index contributed by atoms with van der Waals surface area (Å²) in [6.07, 6.45) is 0. The van der Waals surface area contributed by atoms with Gasteiger partial charge in [0.1, 0.15) is 6.04 Å². The number of hydrogen-bond donors (Lipinski definition) is 1. The Bertz CT molecular complexity index is 476. The van der Waals surface area contributed by atoms with Crippen molar-refractivity contribution in [2.24, 2.45) is 5.92 Å². The van der Waals surface area contributed by atoms with Crippen molar-refractivity contribution in [3.8, 4) is 0 Å². The van der Waals surface area contributed by atoms with Crippen LogP contribution >= 0.6 is 11.8 Å². The molecular formula is C15H20N2O2S. The quantitative estimate of drug-likeness (QED) is 0.841. The number of hydrogen-bond acceptors (Lipinski definition) is 3. The van der Waals surface area contributed by atoms with E-state index in [4.69, 9.17) is 0 Å². The van der Waals surface area contributed by atoms with E-state index < -0.39 is 0 Å². The maximum absolute atomic E-state index is 12.3. The molecule has 0 saturated carbocycles. The largest absolute Gasteiger partial charge is 0.343 e. The molecule has 2 rings (SSSR count). The molecule has 0 radical (unpaired) electrons. The fraction of sp³-hybridized carbons (Fsp3) is 0.467. The Hall–Kier alpha value is -1.49. The minimum Gasteiger partial charge on any atom is -0.343 e. The van der Waals surface area contributed by atoms with E-state index >= 15 is 0 Å². The highest BCUT2D eigenvalue weighted by molar-refractivity contribution is 7.99. The summed E-state index contributed by atoms with van der Waals surface area (Å²) in [5, 5.41) is 2.77. The van der Waals surface area contributed by atoms with Gasteiger partial charge in [-0.1, -0.05) is 32.0 Å². The van der Waals surface area contributed by atoms with Gasteiger partial charge in [0.25, 0.3) is 0 Å². The summed E-state index contributed by atoms with van der Waals surface area (Å²) in [6.45, 7) is 4.68. The smallest absolute Gasteiger partial charge is 0.245 e. The summed E-state index contributed by atoms with van der Waals surface area (Å²) < 4.78 is 0. The summed E-state index contributed by atoms with van der Waals surface area (Å²) in [6, 6.07) is 9.69. The fourth-order valence-corrected chi connectivity index (χ4v) is 3.06. The van der Waals surface area contributed by atoms with Gasteiger partial charge in [-0.25, -0.2) is 0 Å². The lowest BCUT2D eigenvalue weighted by Crippen LogP contribution is -2.60. The molecule has 1 aromatic rings. The molecule has 1 fully saturated rings. The Labute approximate surface area is 123 Å². The topological polar surface area (TPSA) is 49.4 Å². The van der Waals surface area contributed by atoms with Crippen LogP contribution < -0.4 is 5.32 Å². The lowest BCUT2D eigenvalue weighted by atomic mass is 10.0. The molecule has 1 aromatic carbocycles. The van der Waals surface area contributed by atoms with Gasteiger partial charge in [-0.15, -0.1) is 11.8 Å². The van der Waals surface area contributed by atoms with Crippen LogP contribution in [0.3, 0.4) is 0 Å². The number of piperazine rings is 1. The van der Waals surface area contributed by atoms with Crippen molar-refractivity contribution in [3.63, 3.8) is 0 Å². The van der Waals surface area contributed by atoms with Gasteiger partial charge in [0.05, 0.1) is 6.54 Å². The molecule has 1 unspecified atom stereocenters. The second-order valence-corrected chi connectivity index (χ2v) is 6.38. The molecule has 5 heteroatoms. The van der Waals surface area contributed by atoms with Crippen molar-refractivity contribution in [3.05, 3.63) is 30.3 Å². The summed E-state index contributed by atoms with van der Waals surface area (Å²) in [7, 11) is 0. The van der Waals surface area contributed by atoms with Crippen LogP contribution in [0.2, 0.25) is 0 Å². The highest BCUT2D eigenvalue weighted by Crippen LogP contribution is 2.18. The maximum atomic E-state index is 12.3. The summed E-state index contributed by atoms with van der Waals surface area (Å²) in [5.41, 5.74) is 0. The Morgan fingerprint density at radius 1 is 1.30 bits per heavy atom. The van der Waals surface area contributed by atoms with E-state index in [1.54, 1.807) is 16.7 Å². The molecule has 20 heavy (non-hydrogen) atoms. The molecule has 1 aliphatic heterocycles. The van der Waals surface area contributed by atoms with Crippen LogP contribution in [0, 0.1) is 5.92 Å². The number of thioether (sulfide) groups is 1. The van der Waals surface area contributed by atoms with E-state index in [-0.39, 0.29) is 30.3 Å². The molecule has 1 heterocycles. The third-order valence-corrected chi connectivity index (χ3v) is 4.26. The van der Waals surface area contributed by atoms with Gasteiger partial charge in [-0.05, 0) is 18.1 Å². The first-order valence-electron chi connectivity index (χ1n) is 6.84. The van der Waals surface area contributed by atoms with Crippen LogP contribution in [0.15, 0.2) is 35.2 Å². The minimum atomic E-state index is -0.377. The summed E-state index contributed by atoms with van der Waals surface area (Å²) in [4.78, 5) is 26.8. The molecular weight excluding hydrogens is 272 g/mol. The van der Waals surface area contributed by atoms with Crippen LogP contribution in [0.25, 0.3) is 0 Å². The molecule has 0 bridgehead atoms. The number of rotatable bonds is 5. The lowest BCUT2D eigenvalue weighted by Gasteiger charge is -2.34. The van der Waals surface area contributed by atoms with Crippen molar-refractivity contribution in [1.82, 2.24) is 10.2 Å². The molecule has 1 N–H and O–H groups in total. The molecule has 4 nitrogen and oxygen atoms in total. The van der Waals surface area contributed by atoms with Gasteiger partial charge in [0.15, 0.2) is 0 Å². The van der Waals surface area contributed by atoms with E-state index in [1.165, 1.54) is 4.90 Å². The molecule has 0 aromatic heterocycles. The van der Waals surface area contributed by atoms with E-state index in [1.807, 2.05) is 44.2 Å². The second kappa shape index (κ2) is 6.79. The predicted molar refractivity (Wildman–Crippen MR) is 80.5 cm³/mol. The van der Waals surface area contributed by atoms with Crippen molar-refractivity contribution >= 4 is 23.6 Å². The third kappa shape index (κ3) is 3.76. The molecule has 2 amide bonds. The number of carbonyl (C=O) groups excluding carboxylic acids is 2. The first-order chi connectivity index (χ1) is 9.58. The van der Waals surface area contributed by atoms with E-state index in [9.17, 15) is 9.59 Å². The Balaban J connectivity index is 1.88. The fourth-order valence-electron chi connectivity index (χ4n) is 2.16. The van der Waals surface area contributed by atoms with Gasteiger partial charge in [0.2, 0.25) is 11.8 Å². The molecule has 0 spiro atoms. The molecule has 108 valence electrons. The third-order valence-electron chi connectivity index (χ3n) is 3.27. The Morgan fingerprint density at radius 2 is 2.00 bits per heavy atom. The van der Waals surface area contributed by atoms with Crippen molar-refractivity contribution in [2.75, 3.05) is 18.8 Å². The summed E-state index contributed by atoms with van der Waals surface area (Å²) in [5.74, 6) is 0.894. The molecule has 1 aliphatic rings. The zero-order valence-electron chi connectivity index (χ0n) is 11.8. The Kier molecular flexibility index (Phi) is 5.06. The number of benzene rings is 1. The summed E-state index contributed by atoms with van der Waals surface area (Å²) >= 11 is 1.70. The van der Waals surface area contributed by atoms with E-state index in [0.29, 0.717) is 6.54 Å². The van der Waals surface area contributed by atoms with Crippen molar-refractivity contribution in [2.45, 2.75) is 24.8 Å². The number of amides is 2. The molecule has 1 saturated heterocycles. The zero-order chi connectivity index (χ0) is 14.5. The standard InChI is InChI=1S/C15H20N2O2S/c1-11(2)14-15(19)17(10-13(18)16-14)8-9-20-12-6-4-3-5-7-12/h3-7,11,14H,8-10H2,1-2H3,(H,16,18). The van der Waals surface area contributed by atoms with Crippen molar-refractivity contribution in [1.29, 1.82) is 0 Å². The van der Waals surface area contributed by atoms with E-state index in [2.05, 4.69) is 5.32 Å². The van der Waals surface area contributed by atoms with Gasteiger partial charge < -0.3 is 10.2 Å². The van der Waals surface area contributed by atoms with E-state index in [0.717, 1.165) is 5.75 Å². The van der Waals surface area contributed by atoms with Crippen LogP contribution in [0.4, 0.5) is 0 Å². The van der Waals surface area contributed by atoms with Crippen LogP contribution in [0.1, 0.15) is 13.8 Å². The monoisotopic (exact) mass is 292 g/mol. The van der Waals surface area contributed by atoms with Gasteiger partial charge in [-0.2, -0.15) is 0 Å². The average Bonchev–Trinajstić information content (AvgIpc) is 2.43. The van der Waals surface area contributed by atoms with Crippen molar-refractivity contribution < 1.29 is 9.59 Å². The SMILES string of the molecule is CC(C)C1NC(=O)CN(CCSc2ccccc2)C1=O. The van der Waals surface area contributed by atoms with Gasteiger partial charge >= 0.3 is 0 Å². The minimum absolute atomic E-state index is 0.0354. The number of nitrogens with one attached hydrogen (secondary N) is 1. The lowest BCUT2D eigenvalue weighted by molar-refractivity contribution is -0.145. The second-order valence-electron chi connectivity index (χ2n) is 5.21. The average molecular weight is 292 g/mol. The van der Waals surface area contributed by atoms with Gasteiger partial charge in [-0.3, -0.25) is 9.59 Å². The van der Waals surface area contributed by atoms with Crippen LogP contribution in [0.5, 0.6) is 0 Å². The Morgan fingerprint density at radius 3 is 2.65 bits per heavy atom. The maximum Gasteiger partial charge on any atom is 0.245 e. The number of carbonyl (C=O) groups is 2. The van der Waals surface area contributed by atoms with Gasteiger partial charge in [0, 0.05) is 17.2 Å². The normalized spacial score (nSPS) is 19.4. The molecule has 0 aliphatic carbocycles. The highest BCUT2D eigenvalue weighted by Gasteiger charge is 2.33. The zero-order valence-corrected chi connectivity index (χ0v) is 12.7.